The van der Waals surface area contributed by atoms with Gasteiger partial charge in [-0.25, -0.2) is 9.78 Å². The van der Waals surface area contributed by atoms with Gasteiger partial charge in [0.15, 0.2) is 6.10 Å². The number of hydrogen-bond donors (Lipinski definition) is 2. The van der Waals surface area contributed by atoms with Gasteiger partial charge in [-0.1, -0.05) is 0 Å². The smallest absolute Gasteiger partial charge is 0.418 e. The molecule has 1 atom stereocenters. The molecule has 0 radical (unpaired) electrons. The summed E-state index contributed by atoms with van der Waals surface area (Å²) in [5, 5.41) is 17.3. The van der Waals surface area contributed by atoms with Gasteiger partial charge in [0.05, 0.1) is 0 Å². The molecule has 1 heterocycles. The monoisotopic (exact) mass is 257 g/mol. The predicted octanol–water partition coefficient (Wildman–Crippen LogP) is 1.80. The molecule has 1 aromatic heterocycles. The first kappa shape index (κ1) is 14.7. The Morgan fingerprint density at radius 1 is 1.44 bits per heavy atom. The number of carboxylic acids is 1. The Balaban J connectivity index is 0.00000225. The van der Waals surface area contributed by atoms with Gasteiger partial charge in [-0.2, -0.15) is 13.2 Å². The fourth-order valence-electron chi connectivity index (χ4n) is 0.923. The number of aromatic nitrogens is 1. The van der Waals surface area contributed by atoms with Gasteiger partial charge in [-0.05, 0) is 17.7 Å². The van der Waals surface area contributed by atoms with Crippen LogP contribution in [-0.2, 0) is 0 Å². The number of halogens is 4. The van der Waals surface area contributed by atoms with Crippen LogP contribution in [0.3, 0.4) is 0 Å². The third-order valence-corrected chi connectivity index (χ3v) is 1.63. The summed E-state index contributed by atoms with van der Waals surface area (Å²) in [5.41, 5.74) is -1.09. The molecular formula is C8H7ClF3NO3. The lowest BCUT2D eigenvalue weighted by molar-refractivity contribution is -0.206. The van der Waals surface area contributed by atoms with Crippen LogP contribution in [0.15, 0.2) is 18.3 Å². The lowest BCUT2D eigenvalue weighted by atomic mass is 10.1. The highest BCUT2D eigenvalue weighted by atomic mass is 35.5. The summed E-state index contributed by atoms with van der Waals surface area (Å²) in [6.07, 6.45) is -6.62. The molecule has 0 saturated carbocycles. The average Bonchev–Trinajstić information content (AvgIpc) is 2.15. The average molecular weight is 258 g/mol. The molecule has 2 N–H and O–H groups in total. The Morgan fingerprint density at radius 2 is 2.00 bits per heavy atom. The Labute approximate surface area is 94.1 Å². The largest absolute Gasteiger partial charge is 0.477 e. The third kappa shape index (κ3) is 3.35. The molecule has 0 bridgehead atoms. The molecule has 0 amide bonds. The Kier molecular flexibility index (Phi) is 4.70. The normalized spacial score (nSPS) is 12.8. The molecule has 0 aliphatic rings. The Morgan fingerprint density at radius 3 is 2.44 bits per heavy atom. The van der Waals surface area contributed by atoms with Gasteiger partial charge in [-0.15, -0.1) is 12.4 Å². The minimum Gasteiger partial charge on any atom is -0.477 e. The van der Waals surface area contributed by atoms with E-state index in [1.54, 1.807) is 0 Å². The number of hydrogen-bond acceptors (Lipinski definition) is 3. The van der Waals surface area contributed by atoms with Crippen LogP contribution in [0.4, 0.5) is 13.2 Å². The zero-order valence-corrected chi connectivity index (χ0v) is 8.42. The number of carbonyl (C=O) groups is 1. The van der Waals surface area contributed by atoms with Gasteiger partial charge in [-0.3, -0.25) is 0 Å². The summed E-state index contributed by atoms with van der Waals surface area (Å²) in [4.78, 5) is 13.7. The Hall–Kier alpha value is -1.34. The highest BCUT2D eigenvalue weighted by Gasteiger charge is 2.39. The highest BCUT2D eigenvalue weighted by Crippen LogP contribution is 2.32. The maximum atomic E-state index is 12.0. The van der Waals surface area contributed by atoms with Crippen LogP contribution in [-0.4, -0.2) is 27.3 Å². The van der Waals surface area contributed by atoms with Crippen molar-refractivity contribution in [2.75, 3.05) is 0 Å². The van der Waals surface area contributed by atoms with Gasteiger partial charge < -0.3 is 10.2 Å². The van der Waals surface area contributed by atoms with Crippen molar-refractivity contribution in [3.63, 3.8) is 0 Å². The van der Waals surface area contributed by atoms with Crippen LogP contribution in [0.25, 0.3) is 0 Å². The van der Waals surface area contributed by atoms with Crippen molar-refractivity contribution in [2.24, 2.45) is 0 Å². The number of aliphatic hydroxyl groups is 1. The van der Waals surface area contributed by atoms with Crippen molar-refractivity contribution in [1.82, 2.24) is 4.98 Å². The van der Waals surface area contributed by atoms with E-state index in [2.05, 4.69) is 4.98 Å². The van der Waals surface area contributed by atoms with E-state index in [1.807, 2.05) is 0 Å². The van der Waals surface area contributed by atoms with Crippen molar-refractivity contribution in [2.45, 2.75) is 12.3 Å². The summed E-state index contributed by atoms with van der Waals surface area (Å²) < 4.78 is 36.1. The van der Waals surface area contributed by atoms with Crippen LogP contribution in [0.5, 0.6) is 0 Å². The molecule has 0 aromatic carbocycles. The van der Waals surface area contributed by atoms with Gasteiger partial charge in [0, 0.05) is 6.20 Å². The number of carboxylic acid groups (broad SMARTS) is 1. The van der Waals surface area contributed by atoms with Crippen LogP contribution in [0, 0.1) is 0 Å². The molecule has 8 heteroatoms. The van der Waals surface area contributed by atoms with E-state index in [0.29, 0.717) is 6.07 Å². The molecule has 0 saturated heterocycles. The summed E-state index contributed by atoms with van der Waals surface area (Å²) >= 11 is 0. The molecule has 16 heavy (non-hydrogen) atoms. The van der Waals surface area contributed by atoms with Crippen LogP contribution >= 0.6 is 12.4 Å². The topological polar surface area (TPSA) is 70.4 Å². The first-order valence-electron chi connectivity index (χ1n) is 3.76. The molecule has 1 aromatic rings. The summed E-state index contributed by atoms with van der Waals surface area (Å²) in [5.74, 6) is -1.45. The summed E-state index contributed by atoms with van der Waals surface area (Å²) in [7, 11) is 0. The number of rotatable bonds is 2. The van der Waals surface area contributed by atoms with E-state index in [0.717, 1.165) is 12.3 Å². The van der Waals surface area contributed by atoms with E-state index in [4.69, 9.17) is 10.2 Å². The van der Waals surface area contributed by atoms with Crippen molar-refractivity contribution in [3.8, 4) is 0 Å². The maximum absolute atomic E-state index is 12.0. The molecule has 4 nitrogen and oxygen atoms in total. The number of nitrogens with zero attached hydrogens (tertiary/aromatic N) is 1. The quantitative estimate of drug-likeness (QED) is 0.847. The summed E-state index contributed by atoms with van der Waals surface area (Å²) in [6, 6.07) is 1.59. The molecular weight excluding hydrogens is 251 g/mol. The van der Waals surface area contributed by atoms with E-state index in [1.165, 1.54) is 0 Å². The molecule has 0 aliphatic heterocycles. The van der Waals surface area contributed by atoms with E-state index in [9.17, 15) is 18.0 Å². The Bertz CT molecular complexity index is 383. The van der Waals surface area contributed by atoms with Crippen molar-refractivity contribution in [1.29, 1.82) is 0 Å². The lowest BCUT2D eigenvalue weighted by Gasteiger charge is -2.14. The first-order chi connectivity index (χ1) is 6.82. The van der Waals surface area contributed by atoms with Crippen molar-refractivity contribution >= 4 is 18.4 Å². The number of pyridine rings is 1. The van der Waals surface area contributed by atoms with Crippen LogP contribution < -0.4 is 0 Å². The predicted molar refractivity (Wildman–Crippen MR) is 49.5 cm³/mol. The fourth-order valence-corrected chi connectivity index (χ4v) is 0.923. The molecule has 90 valence electrons. The van der Waals surface area contributed by atoms with Crippen molar-refractivity contribution in [3.05, 3.63) is 29.6 Å². The van der Waals surface area contributed by atoms with Gasteiger partial charge in [0.2, 0.25) is 0 Å². The number of aromatic carboxylic acids is 1. The standard InChI is InChI=1S/C8H6F3NO3.ClH/c9-8(10,11)6(13)4-1-2-12-5(3-4)7(14)15;/h1-3,6,13H,(H,14,15);1H. The zero-order chi connectivity index (χ0) is 11.6. The van der Waals surface area contributed by atoms with Gasteiger partial charge >= 0.3 is 12.1 Å². The second-order valence-electron chi connectivity index (χ2n) is 2.72. The molecule has 0 aliphatic carbocycles. The highest BCUT2D eigenvalue weighted by molar-refractivity contribution is 5.85. The van der Waals surface area contributed by atoms with E-state index >= 15 is 0 Å². The number of aliphatic hydroxyl groups excluding tert-OH is 1. The third-order valence-electron chi connectivity index (χ3n) is 1.63. The summed E-state index contributed by atoms with van der Waals surface area (Å²) in [6.45, 7) is 0. The molecule has 0 spiro atoms. The van der Waals surface area contributed by atoms with E-state index in [-0.39, 0.29) is 12.4 Å². The second-order valence-corrected chi connectivity index (χ2v) is 2.72. The van der Waals surface area contributed by atoms with Crippen LogP contribution in [0.2, 0.25) is 0 Å². The molecule has 1 rings (SSSR count). The van der Waals surface area contributed by atoms with E-state index < -0.39 is 29.5 Å². The molecule has 0 fully saturated rings. The fraction of sp³-hybridized carbons (Fsp3) is 0.250. The maximum Gasteiger partial charge on any atom is 0.418 e. The lowest BCUT2D eigenvalue weighted by Crippen LogP contribution is -2.20. The first-order valence-corrected chi connectivity index (χ1v) is 3.76. The SMILES string of the molecule is Cl.O=C(O)c1cc(C(O)C(F)(F)F)ccn1. The molecule has 1 unspecified atom stereocenters. The van der Waals surface area contributed by atoms with Crippen LogP contribution in [0.1, 0.15) is 22.2 Å². The van der Waals surface area contributed by atoms with Crippen molar-refractivity contribution < 1.29 is 28.2 Å². The van der Waals surface area contributed by atoms with Gasteiger partial charge in [0.1, 0.15) is 5.69 Å². The zero-order valence-electron chi connectivity index (χ0n) is 7.60. The minimum absolute atomic E-state index is 0. The number of alkyl halides is 3. The minimum atomic E-state index is -4.82. The van der Waals surface area contributed by atoms with Gasteiger partial charge in [0.25, 0.3) is 0 Å². The second kappa shape index (κ2) is 5.13.